The van der Waals surface area contributed by atoms with E-state index in [2.05, 4.69) is 31.9 Å². The first kappa shape index (κ1) is 19.6. The van der Waals surface area contributed by atoms with Crippen molar-refractivity contribution in [2.24, 2.45) is 4.99 Å². The van der Waals surface area contributed by atoms with Crippen molar-refractivity contribution >= 4 is 55.4 Å². The van der Waals surface area contributed by atoms with Gasteiger partial charge in [-0.2, -0.15) is 0 Å². The maximum absolute atomic E-state index is 13.3. The molecule has 1 aliphatic heterocycles. The molecule has 0 saturated heterocycles. The van der Waals surface area contributed by atoms with Crippen molar-refractivity contribution in [2.75, 3.05) is 12.0 Å². The molecule has 0 N–H and O–H groups in total. The van der Waals surface area contributed by atoms with Crippen LogP contribution in [0.5, 0.6) is 5.75 Å². The molecule has 144 valence electrons. The minimum absolute atomic E-state index is 0.187. The SMILES string of the molecule is COc1ccccc1C1=N/C(=C/c2cccc(Br)c2)C(=O)N1c1ccc(Br)cc1. The average molecular weight is 512 g/mol. The third kappa shape index (κ3) is 4.04. The number of ether oxygens (including phenoxy) is 1. The molecule has 0 saturated carbocycles. The van der Waals surface area contributed by atoms with Gasteiger partial charge in [0.25, 0.3) is 5.91 Å². The summed E-state index contributed by atoms with van der Waals surface area (Å²) in [6.07, 6.45) is 1.79. The van der Waals surface area contributed by atoms with Crippen molar-refractivity contribution in [3.8, 4) is 5.75 Å². The first-order chi connectivity index (χ1) is 14.1. The number of anilines is 1. The van der Waals surface area contributed by atoms with Crippen LogP contribution in [-0.4, -0.2) is 18.9 Å². The van der Waals surface area contributed by atoms with Crippen LogP contribution in [0.4, 0.5) is 5.69 Å². The summed E-state index contributed by atoms with van der Waals surface area (Å²) in [7, 11) is 1.61. The van der Waals surface area contributed by atoms with Gasteiger partial charge in [0.2, 0.25) is 0 Å². The first-order valence-electron chi connectivity index (χ1n) is 8.86. The van der Waals surface area contributed by atoms with Gasteiger partial charge in [-0.3, -0.25) is 9.69 Å². The molecule has 0 aromatic heterocycles. The molecule has 0 aliphatic carbocycles. The number of hydrogen-bond acceptors (Lipinski definition) is 3. The van der Waals surface area contributed by atoms with E-state index >= 15 is 0 Å². The van der Waals surface area contributed by atoms with Crippen LogP contribution in [0.2, 0.25) is 0 Å². The number of carbonyl (C=O) groups excluding carboxylic acids is 1. The minimum Gasteiger partial charge on any atom is -0.496 e. The molecule has 3 aromatic rings. The average Bonchev–Trinajstić information content (AvgIpc) is 3.04. The van der Waals surface area contributed by atoms with Gasteiger partial charge in [0.15, 0.2) is 5.84 Å². The number of amidine groups is 1. The number of aliphatic imine (C=N–C) groups is 1. The minimum atomic E-state index is -0.187. The lowest BCUT2D eigenvalue weighted by atomic mass is 10.1. The van der Waals surface area contributed by atoms with Crippen molar-refractivity contribution in [3.63, 3.8) is 0 Å². The molecular formula is C23H16Br2N2O2. The standard InChI is InChI=1S/C23H16Br2N2O2/c1-29-21-8-3-2-7-19(21)22-26-20(14-15-5-4-6-17(25)13-15)23(28)27(22)18-11-9-16(24)10-12-18/h2-14H,1H3/b20-14+. The zero-order valence-corrected chi connectivity index (χ0v) is 18.6. The topological polar surface area (TPSA) is 41.9 Å². The van der Waals surface area contributed by atoms with E-state index in [1.807, 2.05) is 72.8 Å². The fourth-order valence-corrected chi connectivity index (χ4v) is 3.79. The van der Waals surface area contributed by atoms with Crippen molar-refractivity contribution < 1.29 is 9.53 Å². The smallest absolute Gasteiger partial charge is 0.282 e. The Morgan fingerprint density at radius 2 is 1.69 bits per heavy atom. The number of amides is 1. The van der Waals surface area contributed by atoms with E-state index in [0.29, 0.717) is 17.3 Å². The highest BCUT2D eigenvalue weighted by atomic mass is 79.9. The molecule has 0 unspecified atom stereocenters. The number of hydrogen-bond donors (Lipinski definition) is 0. The number of benzene rings is 3. The van der Waals surface area contributed by atoms with Crippen molar-refractivity contribution in [2.45, 2.75) is 0 Å². The molecule has 4 nitrogen and oxygen atoms in total. The first-order valence-corrected chi connectivity index (χ1v) is 10.4. The highest BCUT2D eigenvalue weighted by Crippen LogP contribution is 2.32. The van der Waals surface area contributed by atoms with Gasteiger partial charge < -0.3 is 4.74 Å². The van der Waals surface area contributed by atoms with E-state index in [4.69, 9.17) is 9.73 Å². The molecule has 0 atom stereocenters. The van der Waals surface area contributed by atoms with Crippen LogP contribution >= 0.6 is 31.9 Å². The summed E-state index contributed by atoms with van der Waals surface area (Å²) < 4.78 is 7.39. The summed E-state index contributed by atoms with van der Waals surface area (Å²) >= 11 is 6.91. The number of carbonyl (C=O) groups is 1. The Morgan fingerprint density at radius 3 is 2.41 bits per heavy atom. The molecular weight excluding hydrogens is 496 g/mol. The largest absolute Gasteiger partial charge is 0.496 e. The van der Waals surface area contributed by atoms with E-state index in [-0.39, 0.29) is 5.91 Å². The van der Waals surface area contributed by atoms with Crippen LogP contribution < -0.4 is 9.64 Å². The van der Waals surface area contributed by atoms with Crippen LogP contribution in [0.25, 0.3) is 6.08 Å². The number of halogens is 2. The quantitative estimate of drug-likeness (QED) is 0.400. The van der Waals surface area contributed by atoms with E-state index in [9.17, 15) is 4.79 Å². The Morgan fingerprint density at radius 1 is 0.931 bits per heavy atom. The summed E-state index contributed by atoms with van der Waals surface area (Å²) in [6.45, 7) is 0. The van der Waals surface area contributed by atoms with Crippen molar-refractivity contribution in [3.05, 3.63) is 98.6 Å². The molecule has 1 heterocycles. The number of nitrogens with zero attached hydrogens (tertiary/aromatic N) is 2. The van der Waals surface area contributed by atoms with Crippen LogP contribution in [0.1, 0.15) is 11.1 Å². The Bertz CT molecular complexity index is 1140. The molecule has 0 radical (unpaired) electrons. The van der Waals surface area contributed by atoms with E-state index in [1.54, 1.807) is 18.1 Å². The molecule has 0 bridgehead atoms. The fraction of sp³-hybridized carbons (Fsp3) is 0.0435. The maximum atomic E-state index is 13.3. The normalized spacial score (nSPS) is 15.0. The third-order valence-electron chi connectivity index (χ3n) is 4.45. The summed E-state index contributed by atoms with van der Waals surface area (Å²) in [6, 6.07) is 22.9. The molecule has 4 rings (SSSR count). The summed E-state index contributed by atoms with van der Waals surface area (Å²) in [5, 5.41) is 0. The predicted octanol–water partition coefficient (Wildman–Crippen LogP) is 6.05. The van der Waals surface area contributed by atoms with Gasteiger partial charge >= 0.3 is 0 Å². The van der Waals surface area contributed by atoms with E-state index in [1.165, 1.54) is 0 Å². The number of para-hydroxylation sites is 1. The lowest BCUT2D eigenvalue weighted by Gasteiger charge is -2.20. The maximum Gasteiger partial charge on any atom is 0.282 e. The third-order valence-corrected chi connectivity index (χ3v) is 5.47. The van der Waals surface area contributed by atoms with Gasteiger partial charge in [-0.25, -0.2) is 4.99 Å². The van der Waals surface area contributed by atoms with Crippen LogP contribution in [-0.2, 0) is 4.79 Å². The monoisotopic (exact) mass is 510 g/mol. The van der Waals surface area contributed by atoms with Gasteiger partial charge in [0, 0.05) is 8.95 Å². The van der Waals surface area contributed by atoms with E-state index in [0.717, 1.165) is 25.8 Å². The number of rotatable bonds is 4. The second kappa shape index (κ2) is 8.35. The van der Waals surface area contributed by atoms with Crippen molar-refractivity contribution in [1.82, 2.24) is 0 Å². The van der Waals surface area contributed by atoms with Crippen LogP contribution in [0.3, 0.4) is 0 Å². The van der Waals surface area contributed by atoms with Crippen LogP contribution in [0, 0.1) is 0 Å². The predicted molar refractivity (Wildman–Crippen MR) is 123 cm³/mol. The van der Waals surface area contributed by atoms with Crippen molar-refractivity contribution in [1.29, 1.82) is 0 Å². The lowest BCUT2D eigenvalue weighted by Crippen LogP contribution is -2.32. The van der Waals surface area contributed by atoms with Gasteiger partial charge in [-0.05, 0) is 60.2 Å². The van der Waals surface area contributed by atoms with Gasteiger partial charge in [0.1, 0.15) is 11.4 Å². The fourth-order valence-electron chi connectivity index (χ4n) is 3.11. The summed E-state index contributed by atoms with van der Waals surface area (Å²) in [4.78, 5) is 19.7. The molecule has 1 aliphatic rings. The summed E-state index contributed by atoms with van der Waals surface area (Å²) in [5.74, 6) is 1.01. The second-order valence-corrected chi connectivity index (χ2v) is 8.17. The molecule has 29 heavy (non-hydrogen) atoms. The highest BCUT2D eigenvalue weighted by molar-refractivity contribution is 9.10. The second-order valence-electron chi connectivity index (χ2n) is 6.34. The number of methoxy groups -OCH3 is 1. The molecule has 3 aromatic carbocycles. The zero-order chi connectivity index (χ0) is 20.4. The molecule has 6 heteroatoms. The summed E-state index contributed by atoms with van der Waals surface area (Å²) in [5.41, 5.74) is 2.75. The highest BCUT2D eigenvalue weighted by Gasteiger charge is 2.33. The van der Waals surface area contributed by atoms with Gasteiger partial charge in [0.05, 0.1) is 18.4 Å². The van der Waals surface area contributed by atoms with E-state index < -0.39 is 0 Å². The molecule has 0 fully saturated rings. The van der Waals surface area contributed by atoms with Crippen LogP contribution in [0.15, 0.2) is 92.4 Å². The van der Waals surface area contributed by atoms with Gasteiger partial charge in [-0.15, -0.1) is 0 Å². The Labute approximate surface area is 185 Å². The Balaban J connectivity index is 1.86. The Kier molecular flexibility index (Phi) is 5.65. The molecule has 0 spiro atoms. The zero-order valence-electron chi connectivity index (χ0n) is 15.5. The van der Waals surface area contributed by atoms with Gasteiger partial charge in [-0.1, -0.05) is 56.1 Å². The lowest BCUT2D eigenvalue weighted by molar-refractivity contribution is -0.113. The Hall–Kier alpha value is -2.70. The molecule has 1 amide bonds.